The highest BCUT2D eigenvalue weighted by Crippen LogP contribution is 2.36. The normalized spacial score (nSPS) is 12.4. The van der Waals surface area contributed by atoms with Gasteiger partial charge in [-0.15, -0.1) is 0 Å². The Bertz CT molecular complexity index is 922. The molecule has 10 heteroatoms. The molecule has 0 aliphatic rings. The summed E-state index contributed by atoms with van der Waals surface area (Å²) < 4.78 is 44.6. The molecule has 0 fully saturated rings. The second kappa shape index (κ2) is 9.82. The number of amides is 2. The van der Waals surface area contributed by atoms with Gasteiger partial charge in [0.1, 0.15) is 5.75 Å². The van der Waals surface area contributed by atoms with E-state index in [0.29, 0.717) is 11.4 Å². The lowest BCUT2D eigenvalue weighted by Crippen LogP contribution is -2.43. The number of hydrogen-bond acceptors (Lipinski definition) is 4. The highest BCUT2D eigenvalue weighted by atomic mass is 35.5. The highest BCUT2D eigenvalue weighted by molar-refractivity contribution is 6.30. The number of rotatable bonds is 7. The summed E-state index contributed by atoms with van der Waals surface area (Å²) in [7, 11) is 3.02. The van der Waals surface area contributed by atoms with Crippen LogP contribution in [0.15, 0.2) is 42.5 Å². The van der Waals surface area contributed by atoms with Crippen molar-refractivity contribution in [3.63, 3.8) is 0 Å². The van der Waals surface area contributed by atoms with Gasteiger partial charge in [-0.25, -0.2) is 0 Å². The number of anilines is 2. The van der Waals surface area contributed by atoms with Crippen LogP contribution in [0.3, 0.4) is 0 Å². The second-order valence-corrected chi connectivity index (χ2v) is 6.98. The third-order valence-corrected chi connectivity index (χ3v) is 4.57. The minimum Gasteiger partial charge on any atom is -0.497 e. The molecule has 162 valence electrons. The molecule has 1 atom stereocenters. The third kappa shape index (κ3) is 6.36. The van der Waals surface area contributed by atoms with E-state index in [1.165, 1.54) is 32.0 Å². The fourth-order valence-corrected chi connectivity index (χ4v) is 2.73. The Balaban J connectivity index is 2.01. The molecule has 0 saturated heterocycles. The van der Waals surface area contributed by atoms with Gasteiger partial charge in [-0.3, -0.25) is 14.5 Å². The van der Waals surface area contributed by atoms with Crippen LogP contribution < -0.4 is 15.4 Å². The van der Waals surface area contributed by atoms with Gasteiger partial charge in [0.05, 0.1) is 30.9 Å². The number of alkyl halides is 3. The van der Waals surface area contributed by atoms with Crippen molar-refractivity contribution in [1.29, 1.82) is 0 Å². The molecular weight excluding hydrogens is 423 g/mol. The largest absolute Gasteiger partial charge is 0.497 e. The summed E-state index contributed by atoms with van der Waals surface area (Å²) in [5.41, 5.74) is -0.937. The molecule has 0 saturated carbocycles. The van der Waals surface area contributed by atoms with Gasteiger partial charge in [0.2, 0.25) is 11.8 Å². The van der Waals surface area contributed by atoms with Crippen molar-refractivity contribution in [2.75, 3.05) is 31.3 Å². The lowest BCUT2D eigenvalue weighted by Gasteiger charge is -2.24. The zero-order valence-electron chi connectivity index (χ0n) is 16.5. The summed E-state index contributed by atoms with van der Waals surface area (Å²) in [6.07, 6.45) is -4.68. The first-order valence-electron chi connectivity index (χ1n) is 8.83. The van der Waals surface area contributed by atoms with E-state index in [2.05, 4.69) is 10.6 Å². The first-order valence-corrected chi connectivity index (χ1v) is 9.21. The van der Waals surface area contributed by atoms with Gasteiger partial charge in [0, 0.05) is 16.8 Å². The minimum atomic E-state index is -4.68. The van der Waals surface area contributed by atoms with E-state index in [4.69, 9.17) is 16.3 Å². The lowest BCUT2D eigenvalue weighted by atomic mass is 10.1. The molecule has 6 nitrogen and oxygen atoms in total. The number of carbonyl (C=O) groups excluding carboxylic acids is 2. The molecule has 2 N–H and O–H groups in total. The average molecular weight is 444 g/mol. The van der Waals surface area contributed by atoms with Crippen molar-refractivity contribution in [2.24, 2.45) is 0 Å². The van der Waals surface area contributed by atoms with Crippen LogP contribution in [0, 0.1) is 0 Å². The predicted octanol–water partition coefficient (Wildman–Crippen LogP) is 4.26. The van der Waals surface area contributed by atoms with Crippen LogP contribution in [0.1, 0.15) is 12.5 Å². The van der Waals surface area contributed by atoms with Gasteiger partial charge in [0.25, 0.3) is 0 Å². The Morgan fingerprint density at radius 1 is 1.17 bits per heavy atom. The molecule has 0 bridgehead atoms. The Kier molecular flexibility index (Phi) is 7.69. The minimum absolute atomic E-state index is 0.0975. The van der Waals surface area contributed by atoms with E-state index in [0.717, 1.165) is 12.1 Å². The standard InChI is InChI=1S/C20H21ClF3N3O3/c1-12(19(29)26-17-8-7-13(21)9-16(17)20(22,23)24)27(2)11-18(28)25-14-5-4-6-15(10-14)30-3/h4-10,12H,11H2,1-3H3,(H,25,28)(H,26,29). The van der Waals surface area contributed by atoms with Crippen LogP contribution in [-0.2, 0) is 15.8 Å². The molecule has 0 aliphatic carbocycles. The molecule has 2 aromatic carbocycles. The molecule has 2 aromatic rings. The first kappa shape index (κ1) is 23.5. The summed E-state index contributed by atoms with van der Waals surface area (Å²) in [4.78, 5) is 26.1. The summed E-state index contributed by atoms with van der Waals surface area (Å²) in [6.45, 7) is 1.33. The molecule has 0 aromatic heterocycles. The molecule has 0 heterocycles. The predicted molar refractivity (Wildman–Crippen MR) is 109 cm³/mol. The number of likely N-dealkylation sites (N-methyl/N-ethyl adjacent to an activating group) is 1. The molecule has 0 spiro atoms. The van der Waals surface area contributed by atoms with E-state index >= 15 is 0 Å². The number of nitrogens with zero attached hydrogens (tertiary/aromatic N) is 1. The van der Waals surface area contributed by atoms with Crippen molar-refractivity contribution < 1.29 is 27.5 Å². The van der Waals surface area contributed by atoms with Gasteiger partial charge in [-0.2, -0.15) is 13.2 Å². The van der Waals surface area contributed by atoms with Gasteiger partial charge in [-0.05, 0) is 44.3 Å². The second-order valence-electron chi connectivity index (χ2n) is 6.55. The number of nitrogens with one attached hydrogen (secondary N) is 2. The Morgan fingerprint density at radius 3 is 2.50 bits per heavy atom. The van der Waals surface area contributed by atoms with Gasteiger partial charge >= 0.3 is 6.18 Å². The SMILES string of the molecule is COc1cccc(NC(=O)CN(C)C(C)C(=O)Nc2ccc(Cl)cc2C(F)(F)F)c1. The van der Waals surface area contributed by atoms with Crippen LogP contribution in [0.4, 0.5) is 24.5 Å². The maximum Gasteiger partial charge on any atom is 0.418 e. The summed E-state index contributed by atoms with van der Waals surface area (Å²) in [6, 6.07) is 8.94. The van der Waals surface area contributed by atoms with Crippen LogP contribution >= 0.6 is 11.6 Å². The summed E-state index contributed by atoms with van der Waals surface area (Å²) >= 11 is 5.64. The van der Waals surface area contributed by atoms with Gasteiger partial charge in [-0.1, -0.05) is 17.7 Å². The van der Waals surface area contributed by atoms with E-state index < -0.39 is 35.3 Å². The van der Waals surface area contributed by atoms with Crippen LogP contribution in [-0.4, -0.2) is 43.5 Å². The third-order valence-electron chi connectivity index (χ3n) is 4.33. The van der Waals surface area contributed by atoms with Crippen molar-refractivity contribution >= 4 is 34.8 Å². The number of methoxy groups -OCH3 is 1. The molecule has 2 amide bonds. The van der Waals surface area contributed by atoms with Crippen molar-refractivity contribution in [1.82, 2.24) is 4.90 Å². The molecular formula is C20H21ClF3N3O3. The molecule has 30 heavy (non-hydrogen) atoms. The quantitative estimate of drug-likeness (QED) is 0.670. The molecule has 1 unspecified atom stereocenters. The molecule has 0 aliphatic heterocycles. The Labute approximate surface area is 177 Å². The van der Waals surface area contributed by atoms with E-state index in [9.17, 15) is 22.8 Å². The van der Waals surface area contributed by atoms with E-state index in [1.807, 2.05) is 0 Å². The maximum absolute atomic E-state index is 13.2. The van der Waals surface area contributed by atoms with Gasteiger partial charge < -0.3 is 15.4 Å². The Morgan fingerprint density at radius 2 is 1.87 bits per heavy atom. The van der Waals surface area contributed by atoms with Crippen molar-refractivity contribution in [3.05, 3.63) is 53.1 Å². The number of halogens is 4. The van der Waals surface area contributed by atoms with Gasteiger partial charge in [0.15, 0.2) is 0 Å². The maximum atomic E-state index is 13.2. The molecule has 2 rings (SSSR count). The number of hydrogen-bond donors (Lipinski definition) is 2. The van der Waals surface area contributed by atoms with Crippen molar-refractivity contribution in [2.45, 2.75) is 19.1 Å². The van der Waals surface area contributed by atoms with Crippen LogP contribution in [0.25, 0.3) is 0 Å². The highest BCUT2D eigenvalue weighted by Gasteiger charge is 2.34. The number of benzene rings is 2. The molecule has 0 radical (unpaired) electrons. The number of carbonyl (C=O) groups is 2. The average Bonchev–Trinajstić information content (AvgIpc) is 2.67. The zero-order chi connectivity index (χ0) is 22.5. The van der Waals surface area contributed by atoms with E-state index in [1.54, 1.807) is 24.3 Å². The summed E-state index contributed by atoms with van der Waals surface area (Å²) in [5.74, 6) is -0.523. The monoisotopic (exact) mass is 443 g/mol. The lowest BCUT2D eigenvalue weighted by molar-refractivity contribution is -0.137. The topological polar surface area (TPSA) is 70.7 Å². The fraction of sp³-hybridized carbons (Fsp3) is 0.300. The number of ether oxygens (including phenoxy) is 1. The first-order chi connectivity index (χ1) is 14.0. The van der Waals surface area contributed by atoms with Crippen molar-refractivity contribution in [3.8, 4) is 5.75 Å². The van der Waals surface area contributed by atoms with E-state index in [-0.39, 0.29) is 11.6 Å². The van der Waals surface area contributed by atoms with Crippen LogP contribution in [0.5, 0.6) is 5.75 Å². The smallest absolute Gasteiger partial charge is 0.418 e. The zero-order valence-corrected chi connectivity index (χ0v) is 17.3. The summed E-state index contributed by atoms with van der Waals surface area (Å²) in [5, 5.41) is 4.83. The Hall–Kier alpha value is -2.78. The van der Waals surface area contributed by atoms with Crippen LogP contribution in [0.2, 0.25) is 5.02 Å². The fourth-order valence-electron chi connectivity index (χ4n) is 2.56.